The first-order valence-corrected chi connectivity index (χ1v) is 10.8. The van der Waals surface area contributed by atoms with Gasteiger partial charge >= 0.3 is 0 Å². The van der Waals surface area contributed by atoms with Crippen molar-refractivity contribution in [1.82, 2.24) is 15.3 Å². The maximum atomic E-state index is 12.9. The van der Waals surface area contributed by atoms with Crippen LogP contribution < -0.4 is 15.8 Å². The predicted molar refractivity (Wildman–Crippen MR) is 125 cm³/mol. The number of hydrogen-bond donors (Lipinski definition) is 3. The normalized spacial score (nSPS) is 11.2. The summed E-state index contributed by atoms with van der Waals surface area (Å²) in [6, 6.07) is 17.7. The van der Waals surface area contributed by atoms with Crippen LogP contribution in [0.1, 0.15) is 36.2 Å². The topological polar surface area (TPSA) is 93.0 Å². The van der Waals surface area contributed by atoms with E-state index < -0.39 is 0 Å². The molecule has 0 atom stereocenters. The van der Waals surface area contributed by atoms with Crippen LogP contribution in [0, 0.1) is 0 Å². The zero-order chi connectivity index (χ0) is 21.6. The second-order valence-electron chi connectivity index (χ2n) is 7.64. The quantitative estimate of drug-likeness (QED) is 0.347. The highest BCUT2D eigenvalue weighted by Gasteiger charge is 2.17. The number of carbonyl (C=O) groups is 1. The van der Waals surface area contributed by atoms with Gasteiger partial charge < -0.3 is 20.8 Å². The van der Waals surface area contributed by atoms with E-state index in [0.717, 1.165) is 71.0 Å². The van der Waals surface area contributed by atoms with Crippen molar-refractivity contribution in [3.63, 3.8) is 0 Å². The van der Waals surface area contributed by atoms with Gasteiger partial charge in [-0.25, -0.2) is 4.98 Å². The molecule has 2 aromatic carbocycles. The van der Waals surface area contributed by atoms with Gasteiger partial charge in [-0.1, -0.05) is 31.0 Å². The van der Waals surface area contributed by atoms with Gasteiger partial charge in [0.1, 0.15) is 11.4 Å². The summed E-state index contributed by atoms with van der Waals surface area (Å²) < 4.78 is 5.28. The number of aromatic amines is 1. The zero-order valence-electron chi connectivity index (χ0n) is 17.8. The number of ether oxygens (including phenoxy) is 1. The smallest absolute Gasteiger partial charge is 0.269 e. The fourth-order valence-corrected chi connectivity index (χ4v) is 3.84. The molecule has 0 radical (unpaired) electrons. The van der Waals surface area contributed by atoms with Gasteiger partial charge in [0.2, 0.25) is 0 Å². The summed E-state index contributed by atoms with van der Waals surface area (Å²) in [5, 5.41) is 5.08. The molecule has 0 saturated carbocycles. The van der Waals surface area contributed by atoms with Crippen LogP contribution in [0.25, 0.3) is 33.1 Å². The van der Waals surface area contributed by atoms with E-state index in [2.05, 4.69) is 16.4 Å². The summed E-state index contributed by atoms with van der Waals surface area (Å²) in [6.45, 7) is 1.35. The lowest BCUT2D eigenvalue weighted by Gasteiger charge is -2.09. The molecule has 0 unspecified atom stereocenters. The first-order chi connectivity index (χ1) is 15.2. The van der Waals surface area contributed by atoms with Gasteiger partial charge in [0, 0.05) is 28.4 Å². The highest BCUT2D eigenvalue weighted by molar-refractivity contribution is 6.13. The van der Waals surface area contributed by atoms with Gasteiger partial charge in [-0.3, -0.25) is 4.79 Å². The number of methoxy groups -OCH3 is 1. The number of benzene rings is 2. The van der Waals surface area contributed by atoms with Crippen LogP contribution in [-0.4, -0.2) is 36.1 Å². The van der Waals surface area contributed by atoms with Crippen LogP contribution in [0.5, 0.6) is 5.75 Å². The summed E-state index contributed by atoms with van der Waals surface area (Å²) in [5.41, 5.74) is 9.58. The number of hydrogen-bond acceptors (Lipinski definition) is 4. The molecule has 0 aliphatic carbocycles. The minimum absolute atomic E-state index is 0.152. The van der Waals surface area contributed by atoms with Crippen LogP contribution in [0.2, 0.25) is 0 Å². The van der Waals surface area contributed by atoms with E-state index in [9.17, 15) is 4.79 Å². The Kier molecular flexibility index (Phi) is 6.48. The number of carbonyl (C=O) groups excluding carboxylic acids is 1. The summed E-state index contributed by atoms with van der Waals surface area (Å²) >= 11 is 0. The van der Waals surface area contributed by atoms with Crippen LogP contribution in [-0.2, 0) is 0 Å². The number of nitrogens with one attached hydrogen (secondary N) is 2. The minimum atomic E-state index is -0.152. The number of amides is 1. The van der Waals surface area contributed by atoms with Crippen LogP contribution in [0.3, 0.4) is 0 Å². The highest BCUT2D eigenvalue weighted by atomic mass is 16.5. The molecule has 0 bridgehead atoms. The second-order valence-corrected chi connectivity index (χ2v) is 7.64. The molecule has 2 aromatic heterocycles. The maximum Gasteiger partial charge on any atom is 0.269 e. The molecule has 4 aromatic rings. The molecule has 0 saturated heterocycles. The Balaban J connectivity index is 1.69. The van der Waals surface area contributed by atoms with Crippen molar-refractivity contribution < 1.29 is 9.53 Å². The number of H-pyrrole nitrogens is 1. The van der Waals surface area contributed by atoms with E-state index in [4.69, 9.17) is 15.5 Å². The maximum absolute atomic E-state index is 12.9. The summed E-state index contributed by atoms with van der Waals surface area (Å²) in [5.74, 6) is 0.626. The molecule has 0 aliphatic heterocycles. The molecule has 6 nitrogen and oxygen atoms in total. The van der Waals surface area contributed by atoms with Crippen LogP contribution in [0.15, 0.2) is 54.6 Å². The Morgan fingerprint density at radius 1 is 1.03 bits per heavy atom. The lowest BCUT2D eigenvalue weighted by Crippen LogP contribution is -2.25. The molecule has 0 fully saturated rings. The molecule has 6 heteroatoms. The first kappa shape index (κ1) is 20.9. The van der Waals surface area contributed by atoms with E-state index in [-0.39, 0.29) is 5.91 Å². The van der Waals surface area contributed by atoms with Crippen molar-refractivity contribution >= 4 is 27.7 Å². The number of rotatable bonds is 9. The van der Waals surface area contributed by atoms with Gasteiger partial charge in [-0.05, 0) is 55.8 Å². The number of nitrogens with zero attached hydrogens (tertiary/aromatic N) is 1. The number of aromatic nitrogens is 2. The highest BCUT2D eigenvalue weighted by Crippen LogP contribution is 2.33. The molecule has 0 aliphatic rings. The number of pyridine rings is 1. The molecule has 4 N–H and O–H groups in total. The molecular weight excluding hydrogens is 388 g/mol. The van der Waals surface area contributed by atoms with Crippen LogP contribution in [0.4, 0.5) is 0 Å². The van der Waals surface area contributed by atoms with E-state index in [0.29, 0.717) is 12.2 Å². The van der Waals surface area contributed by atoms with Crippen molar-refractivity contribution in [3.05, 3.63) is 60.3 Å². The van der Waals surface area contributed by atoms with Gasteiger partial charge in [-0.15, -0.1) is 0 Å². The summed E-state index contributed by atoms with van der Waals surface area (Å²) in [7, 11) is 1.64. The van der Waals surface area contributed by atoms with E-state index >= 15 is 0 Å². The number of nitrogens with two attached hydrogens (primary N) is 1. The monoisotopic (exact) mass is 416 g/mol. The lowest BCUT2D eigenvalue weighted by atomic mass is 10.1. The molecular formula is C25H28N4O2. The van der Waals surface area contributed by atoms with Crippen molar-refractivity contribution in [2.45, 2.75) is 25.7 Å². The molecule has 0 spiro atoms. The SMILES string of the molecule is COc1ccc(-c2nc(C(=O)NCCCCCCN)cc3c2[nH]c2ccccc23)cc1. The standard InChI is InChI=1S/C25H28N4O2/c1-31-18-12-10-17(11-13-18)23-24-20(19-8-4-5-9-21(19)28-24)16-22(29-23)25(30)27-15-7-3-2-6-14-26/h4-5,8-13,16,28H,2-3,6-7,14-15,26H2,1H3,(H,27,30). The van der Waals surface area contributed by atoms with Gasteiger partial charge in [0.25, 0.3) is 5.91 Å². The van der Waals surface area contributed by atoms with E-state index in [1.807, 2.05) is 48.5 Å². The number of unbranched alkanes of at least 4 members (excludes halogenated alkanes) is 3. The van der Waals surface area contributed by atoms with Crippen molar-refractivity contribution in [2.24, 2.45) is 5.73 Å². The average Bonchev–Trinajstić information content (AvgIpc) is 3.19. The Bertz CT molecular complexity index is 1180. The third-order valence-electron chi connectivity index (χ3n) is 5.51. The van der Waals surface area contributed by atoms with Crippen molar-refractivity contribution in [3.8, 4) is 17.0 Å². The molecule has 2 heterocycles. The second kappa shape index (κ2) is 9.62. The minimum Gasteiger partial charge on any atom is -0.497 e. The van der Waals surface area contributed by atoms with Crippen molar-refractivity contribution in [1.29, 1.82) is 0 Å². The molecule has 1 amide bonds. The number of para-hydroxylation sites is 1. The average molecular weight is 417 g/mol. The Morgan fingerprint density at radius 2 is 1.81 bits per heavy atom. The Morgan fingerprint density at radius 3 is 2.58 bits per heavy atom. The fourth-order valence-electron chi connectivity index (χ4n) is 3.84. The molecule has 31 heavy (non-hydrogen) atoms. The van der Waals surface area contributed by atoms with Gasteiger partial charge in [-0.2, -0.15) is 0 Å². The Hall–Kier alpha value is -3.38. The summed E-state index contributed by atoms with van der Waals surface area (Å²) in [4.78, 5) is 21.1. The third-order valence-corrected chi connectivity index (χ3v) is 5.51. The predicted octanol–water partition coefficient (Wildman–Crippen LogP) is 4.64. The Labute approximate surface area is 181 Å². The van der Waals surface area contributed by atoms with E-state index in [1.54, 1.807) is 7.11 Å². The van der Waals surface area contributed by atoms with E-state index in [1.165, 1.54) is 0 Å². The zero-order valence-corrected chi connectivity index (χ0v) is 17.8. The van der Waals surface area contributed by atoms with Crippen LogP contribution >= 0.6 is 0 Å². The lowest BCUT2D eigenvalue weighted by molar-refractivity contribution is 0.0948. The largest absolute Gasteiger partial charge is 0.497 e. The molecule has 160 valence electrons. The fraction of sp³-hybridized carbons (Fsp3) is 0.280. The van der Waals surface area contributed by atoms with Gasteiger partial charge in [0.05, 0.1) is 18.3 Å². The third kappa shape index (κ3) is 4.54. The number of fused-ring (bicyclic) bond motifs is 3. The summed E-state index contributed by atoms with van der Waals surface area (Å²) in [6.07, 6.45) is 4.11. The van der Waals surface area contributed by atoms with Gasteiger partial charge in [0.15, 0.2) is 0 Å². The first-order valence-electron chi connectivity index (χ1n) is 10.8. The van der Waals surface area contributed by atoms with Crippen molar-refractivity contribution in [2.75, 3.05) is 20.2 Å². The molecule has 4 rings (SSSR count).